The predicted octanol–water partition coefficient (Wildman–Crippen LogP) is 1.06. The molecule has 0 amide bonds. The van der Waals surface area contributed by atoms with Crippen molar-refractivity contribution < 1.29 is 4.74 Å². The minimum Gasteiger partial charge on any atom is -0.476 e. The number of hydrogen-bond acceptors (Lipinski definition) is 5. The predicted molar refractivity (Wildman–Crippen MR) is 56.5 cm³/mol. The van der Waals surface area contributed by atoms with Gasteiger partial charge in [-0.05, 0) is 6.92 Å². The largest absolute Gasteiger partial charge is 0.476 e. The molecule has 1 rings (SSSR count). The monoisotopic (exact) mass is 196 g/mol. The van der Waals surface area contributed by atoms with Gasteiger partial charge >= 0.3 is 0 Å². The molecular formula is C9H16N4O. The molecule has 78 valence electrons. The Morgan fingerprint density at radius 2 is 2.07 bits per heavy atom. The fraction of sp³-hybridized carbons (Fsp3) is 0.556. The molecule has 0 aliphatic heterocycles. The highest BCUT2D eigenvalue weighted by molar-refractivity contribution is 5.66. The van der Waals surface area contributed by atoms with Gasteiger partial charge in [0.15, 0.2) is 5.82 Å². The summed E-state index contributed by atoms with van der Waals surface area (Å²) in [5.74, 6) is 1.82. The van der Waals surface area contributed by atoms with Crippen molar-refractivity contribution in [3.05, 3.63) is 5.82 Å². The Kier molecular flexibility index (Phi) is 3.50. The highest BCUT2D eigenvalue weighted by Gasteiger charge is 2.10. The Hall–Kier alpha value is -1.52. The van der Waals surface area contributed by atoms with E-state index in [0.29, 0.717) is 24.0 Å². The minimum absolute atomic E-state index is 0.462. The Morgan fingerprint density at radius 3 is 2.57 bits per heavy atom. The van der Waals surface area contributed by atoms with Crippen molar-refractivity contribution >= 4 is 11.5 Å². The number of anilines is 2. The van der Waals surface area contributed by atoms with Gasteiger partial charge in [0, 0.05) is 13.5 Å². The van der Waals surface area contributed by atoms with Gasteiger partial charge in [-0.25, -0.2) is 4.98 Å². The SMILES string of the molecule is CCOc1nc(CC)nc(NC)c1N. The number of rotatable bonds is 4. The van der Waals surface area contributed by atoms with E-state index in [1.807, 2.05) is 13.8 Å². The quantitative estimate of drug-likeness (QED) is 0.753. The maximum absolute atomic E-state index is 5.79. The summed E-state index contributed by atoms with van der Waals surface area (Å²) in [5.41, 5.74) is 6.26. The van der Waals surface area contributed by atoms with Crippen molar-refractivity contribution in [1.29, 1.82) is 0 Å². The van der Waals surface area contributed by atoms with Gasteiger partial charge in [-0.15, -0.1) is 0 Å². The molecule has 0 bridgehead atoms. The Bertz CT molecular complexity index is 314. The second kappa shape index (κ2) is 4.64. The van der Waals surface area contributed by atoms with Crippen LogP contribution in [0.25, 0.3) is 0 Å². The smallest absolute Gasteiger partial charge is 0.242 e. The first-order valence-electron chi connectivity index (χ1n) is 4.69. The lowest BCUT2D eigenvalue weighted by Crippen LogP contribution is -2.08. The zero-order valence-corrected chi connectivity index (χ0v) is 8.79. The van der Waals surface area contributed by atoms with Gasteiger partial charge in [0.25, 0.3) is 0 Å². The molecule has 0 unspecified atom stereocenters. The van der Waals surface area contributed by atoms with E-state index in [4.69, 9.17) is 10.5 Å². The van der Waals surface area contributed by atoms with Gasteiger partial charge in [-0.2, -0.15) is 4.98 Å². The summed E-state index contributed by atoms with van der Waals surface area (Å²) in [6, 6.07) is 0. The van der Waals surface area contributed by atoms with Crippen LogP contribution in [0.4, 0.5) is 11.5 Å². The van der Waals surface area contributed by atoms with Gasteiger partial charge in [-0.1, -0.05) is 6.92 Å². The van der Waals surface area contributed by atoms with E-state index in [1.54, 1.807) is 7.05 Å². The average Bonchev–Trinajstić information content (AvgIpc) is 2.21. The first-order chi connectivity index (χ1) is 6.72. The maximum Gasteiger partial charge on any atom is 0.242 e. The Labute approximate surface area is 83.7 Å². The number of nitrogens with zero attached hydrogens (tertiary/aromatic N) is 2. The molecule has 1 aromatic heterocycles. The second-order valence-corrected chi connectivity index (χ2v) is 2.74. The van der Waals surface area contributed by atoms with Gasteiger partial charge in [0.2, 0.25) is 5.88 Å². The third-order valence-corrected chi connectivity index (χ3v) is 1.79. The van der Waals surface area contributed by atoms with E-state index >= 15 is 0 Å². The number of ether oxygens (including phenoxy) is 1. The van der Waals surface area contributed by atoms with E-state index < -0.39 is 0 Å². The molecule has 3 N–H and O–H groups in total. The molecule has 0 saturated heterocycles. The summed E-state index contributed by atoms with van der Waals surface area (Å²) in [5, 5.41) is 2.91. The van der Waals surface area contributed by atoms with E-state index in [9.17, 15) is 0 Å². The molecule has 1 aromatic rings. The Morgan fingerprint density at radius 1 is 1.36 bits per heavy atom. The molecule has 0 saturated carbocycles. The van der Waals surface area contributed by atoms with Crippen LogP contribution in [0.3, 0.4) is 0 Å². The molecule has 0 radical (unpaired) electrons. The number of nitrogens with two attached hydrogens (primary N) is 1. The molecule has 0 atom stereocenters. The molecule has 0 aliphatic rings. The van der Waals surface area contributed by atoms with E-state index in [-0.39, 0.29) is 0 Å². The number of nitrogens with one attached hydrogen (secondary N) is 1. The zero-order valence-electron chi connectivity index (χ0n) is 8.79. The van der Waals surface area contributed by atoms with Gasteiger partial charge in [0.1, 0.15) is 11.5 Å². The zero-order chi connectivity index (χ0) is 10.6. The molecule has 14 heavy (non-hydrogen) atoms. The van der Waals surface area contributed by atoms with Crippen molar-refractivity contribution in [3.63, 3.8) is 0 Å². The van der Waals surface area contributed by atoms with Crippen molar-refractivity contribution in [2.24, 2.45) is 0 Å². The molecular weight excluding hydrogens is 180 g/mol. The average molecular weight is 196 g/mol. The van der Waals surface area contributed by atoms with Crippen molar-refractivity contribution in [3.8, 4) is 5.88 Å². The summed E-state index contributed by atoms with van der Waals surface area (Å²) in [4.78, 5) is 8.42. The van der Waals surface area contributed by atoms with Crippen LogP contribution >= 0.6 is 0 Å². The van der Waals surface area contributed by atoms with Crippen molar-refractivity contribution in [1.82, 2.24) is 9.97 Å². The number of nitrogen functional groups attached to an aromatic ring is 1. The van der Waals surface area contributed by atoms with Crippen LogP contribution in [0, 0.1) is 0 Å². The molecule has 0 spiro atoms. The van der Waals surface area contributed by atoms with Crippen LogP contribution < -0.4 is 15.8 Å². The summed E-state index contributed by atoms with van der Waals surface area (Å²) in [6.45, 7) is 4.43. The second-order valence-electron chi connectivity index (χ2n) is 2.74. The molecule has 0 aromatic carbocycles. The number of aryl methyl sites for hydroxylation is 1. The summed E-state index contributed by atoms with van der Waals surface area (Å²) in [7, 11) is 1.77. The first kappa shape index (κ1) is 10.6. The molecule has 0 fully saturated rings. The lowest BCUT2D eigenvalue weighted by molar-refractivity contribution is 0.327. The van der Waals surface area contributed by atoms with Gasteiger partial charge in [-0.3, -0.25) is 0 Å². The molecule has 1 heterocycles. The number of aromatic nitrogens is 2. The van der Waals surface area contributed by atoms with Crippen LogP contribution in [0.15, 0.2) is 0 Å². The minimum atomic E-state index is 0.462. The van der Waals surface area contributed by atoms with Crippen LogP contribution in [-0.4, -0.2) is 23.6 Å². The molecule has 0 aliphatic carbocycles. The summed E-state index contributed by atoms with van der Waals surface area (Å²) >= 11 is 0. The van der Waals surface area contributed by atoms with E-state index in [2.05, 4.69) is 15.3 Å². The van der Waals surface area contributed by atoms with Crippen molar-refractivity contribution in [2.45, 2.75) is 20.3 Å². The van der Waals surface area contributed by atoms with E-state index in [0.717, 1.165) is 12.2 Å². The Balaban J connectivity index is 3.12. The molecule has 5 heteroatoms. The van der Waals surface area contributed by atoms with Crippen LogP contribution in [0.5, 0.6) is 5.88 Å². The van der Waals surface area contributed by atoms with Gasteiger partial charge in [0.05, 0.1) is 6.61 Å². The summed E-state index contributed by atoms with van der Waals surface area (Å²) in [6.07, 6.45) is 0.759. The lowest BCUT2D eigenvalue weighted by Gasteiger charge is -2.10. The first-order valence-corrected chi connectivity index (χ1v) is 4.69. The normalized spacial score (nSPS) is 9.93. The third kappa shape index (κ3) is 2.04. The highest BCUT2D eigenvalue weighted by atomic mass is 16.5. The standard InChI is InChI=1S/C9H16N4O/c1-4-6-12-8(11-3)7(10)9(13-6)14-5-2/h4-5,10H2,1-3H3,(H,11,12,13). The highest BCUT2D eigenvalue weighted by Crippen LogP contribution is 2.25. The fourth-order valence-electron chi connectivity index (χ4n) is 1.09. The van der Waals surface area contributed by atoms with Crippen LogP contribution in [0.2, 0.25) is 0 Å². The summed E-state index contributed by atoms with van der Waals surface area (Å²) < 4.78 is 5.31. The molecule has 5 nitrogen and oxygen atoms in total. The van der Waals surface area contributed by atoms with Crippen LogP contribution in [-0.2, 0) is 6.42 Å². The van der Waals surface area contributed by atoms with Crippen molar-refractivity contribution in [2.75, 3.05) is 24.7 Å². The van der Waals surface area contributed by atoms with Crippen LogP contribution in [0.1, 0.15) is 19.7 Å². The maximum atomic E-state index is 5.79. The fourth-order valence-corrected chi connectivity index (χ4v) is 1.09. The third-order valence-electron chi connectivity index (χ3n) is 1.79. The van der Waals surface area contributed by atoms with Gasteiger partial charge < -0.3 is 15.8 Å². The van der Waals surface area contributed by atoms with E-state index in [1.165, 1.54) is 0 Å². The topological polar surface area (TPSA) is 73.1 Å². The number of hydrogen-bond donors (Lipinski definition) is 2. The lowest BCUT2D eigenvalue weighted by atomic mass is 10.4.